The molecule has 1 unspecified atom stereocenters. The average molecular weight is 413 g/mol. The molecule has 2 aromatic rings. The molecule has 2 rings (SSSR count). The van der Waals surface area contributed by atoms with Crippen molar-refractivity contribution in [2.75, 3.05) is 13.2 Å². The van der Waals surface area contributed by atoms with E-state index in [0.717, 1.165) is 30.6 Å². The number of carbonyl (C=O) groups excluding carboxylic acids is 1. The van der Waals surface area contributed by atoms with Crippen molar-refractivity contribution >= 4 is 11.9 Å². The Labute approximate surface area is 179 Å². The number of carboxylic acid groups (broad SMARTS) is 1. The Kier molecular flexibility index (Phi) is 9.39. The molecule has 0 aliphatic heterocycles. The number of hydrogen-bond acceptors (Lipinski definition) is 4. The molecule has 1 atom stereocenters. The van der Waals surface area contributed by atoms with Crippen LogP contribution in [0.15, 0.2) is 54.6 Å². The Bertz CT molecular complexity index is 785. The second-order valence-electron chi connectivity index (χ2n) is 7.40. The zero-order valence-electron chi connectivity index (χ0n) is 17.9. The third kappa shape index (κ3) is 6.61. The smallest absolute Gasteiger partial charge is 0.323 e. The first-order valence-corrected chi connectivity index (χ1v) is 10.7. The Hall–Kier alpha value is -2.82. The zero-order valence-corrected chi connectivity index (χ0v) is 17.9. The molecule has 2 aromatic carbocycles. The van der Waals surface area contributed by atoms with Crippen LogP contribution in [0.4, 0.5) is 0 Å². The number of aryl methyl sites for hydroxylation is 2. The zero-order chi connectivity index (χ0) is 21.8. The molecule has 0 heterocycles. The van der Waals surface area contributed by atoms with Crippen LogP contribution in [0, 0.1) is 5.41 Å². The summed E-state index contributed by atoms with van der Waals surface area (Å²) in [6.07, 6.45) is 3.99. The lowest BCUT2D eigenvalue weighted by Crippen LogP contribution is -2.40. The summed E-state index contributed by atoms with van der Waals surface area (Å²) in [6.45, 7) is 4.22. The quantitative estimate of drug-likeness (QED) is 0.283. The van der Waals surface area contributed by atoms with Gasteiger partial charge in [-0.15, -0.1) is 0 Å². The first kappa shape index (κ1) is 23.5. The summed E-state index contributed by atoms with van der Waals surface area (Å²) in [6, 6.07) is 18.0. The topological polar surface area (TPSA) is 72.8 Å². The van der Waals surface area contributed by atoms with Gasteiger partial charge in [-0.05, 0) is 68.7 Å². The molecule has 0 spiro atoms. The van der Waals surface area contributed by atoms with Crippen LogP contribution >= 0.6 is 0 Å². The van der Waals surface area contributed by atoms with Gasteiger partial charge in [-0.25, -0.2) is 0 Å². The van der Waals surface area contributed by atoms with Crippen LogP contribution < -0.4 is 4.74 Å². The second-order valence-corrected chi connectivity index (χ2v) is 7.40. The highest BCUT2D eigenvalue weighted by molar-refractivity contribution is 5.99. The molecule has 5 nitrogen and oxygen atoms in total. The largest absolute Gasteiger partial charge is 0.494 e. The van der Waals surface area contributed by atoms with Crippen LogP contribution in [0.25, 0.3) is 0 Å². The molecular weight excluding hydrogens is 380 g/mol. The van der Waals surface area contributed by atoms with Gasteiger partial charge in [0.2, 0.25) is 0 Å². The molecular formula is C25H32O5. The molecule has 5 heteroatoms. The van der Waals surface area contributed by atoms with Gasteiger partial charge in [-0.2, -0.15) is 0 Å². The molecule has 0 bridgehead atoms. The van der Waals surface area contributed by atoms with E-state index in [1.54, 1.807) is 13.8 Å². The van der Waals surface area contributed by atoms with Crippen LogP contribution in [0.5, 0.6) is 5.75 Å². The standard InChI is InChI=1S/C25H32O5/c1-3-25(23(26)27,24(28)29-4-2)18-17-21-13-15-22(16-14-21)30-19-9-8-12-20-10-6-5-7-11-20/h5-7,10-11,13-16H,3-4,8-9,12,17-19H2,1-2H3,(H,26,27). The van der Waals surface area contributed by atoms with Gasteiger partial charge in [0, 0.05) is 0 Å². The van der Waals surface area contributed by atoms with E-state index in [4.69, 9.17) is 9.47 Å². The third-order valence-electron chi connectivity index (χ3n) is 5.41. The van der Waals surface area contributed by atoms with Gasteiger partial charge in [0.05, 0.1) is 13.2 Å². The minimum Gasteiger partial charge on any atom is -0.494 e. The maximum atomic E-state index is 12.3. The first-order valence-electron chi connectivity index (χ1n) is 10.7. The minimum absolute atomic E-state index is 0.172. The van der Waals surface area contributed by atoms with Crippen molar-refractivity contribution in [3.05, 3.63) is 65.7 Å². The number of carboxylic acids is 1. The van der Waals surface area contributed by atoms with Crippen LogP contribution in [0.3, 0.4) is 0 Å². The average Bonchev–Trinajstić information content (AvgIpc) is 2.76. The van der Waals surface area contributed by atoms with Gasteiger partial charge in [-0.3, -0.25) is 9.59 Å². The van der Waals surface area contributed by atoms with E-state index in [0.29, 0.717) is 13.0 Å². The summed E-state index contributed by atoms with van der Waals surface area (Å²) in [5.41, 5.74) is 0.813. The fourth-order valence-electron chi connectivity index (χ4n) is 3.41. The molecule has 30 heavy (non-hydrogen) atoms. The van der Waals surface area contributed by atoms with E-state index in [-0.39, 0.29) is 19.4 Å². The molecule has 0 aliphatic carbocycles. The van der Waals surface area contributed by atoms with Crippen LogP contribution in [0.2, 0.25) is 0 Å². The van der Waals surface area contributed by atoms with Crippen molar-refractivity contribution in [3.63, 3.8) is 0 Å². The maximum Gasteiger partial charge on any atom is 0.323 e. The summed E-state index contributed by atoms with van der Waals surface area (Å²) in [5.74, 6) is -0.988. The third-order valence-corrected chi connectivity index (χ3v) is 5.41. The Morgan fingerprint density at radius 2 is 1.57 bits per heavy atom. The number of hydrogen-bond donors (Lipinski definition) is 1. The van der Waals surface area contributed by atoms with E-state index >= 15 is 0 Å². The number of esters is 1. The number of carbonyl (C=O) groups is 2. The lowest BCUT2D eigenvalue weighted by molar-refractivity contribution is -0.169. The SMILES string of the molecule is CCOC(=O)C(CC)(CCc1ccc(OCCCCc2ccccc2)cc1)C(=O)O. The van der Waals surface area contributed by atoms with E-state index in [2.05, 4.69) is 24.3 Å². The fourth-order valence-corrected chi connectivity index (χ4v) is 3.41. The number of aliphatic carboxylic acids is 1. The fraction of sp³-hybridized carbons (Fsp3) is 0.440. The highest BCUT2D eigenvalue weighted by Crippen LogP contribution is 2.31. The number of ether oxygens (including phenoxy) is 2. The monoisotopic (exact) mass is 412 g/mol. The summed E-state index contributed by atoms with van der Waals surface area (Å²) in [4.78, 5) is 24.0. The molecule has 162 valence electrons. The van der Waals surface area contributed by atoms with Gasteiger partial charge in [0.15, 0.2) is 5.41 Å². The van der Waals surface area contributed by atoms with Crippen molar-refractivity contribution < 1.29 is 24.2 Å². The van der Waals surface area contributed by atoms with E-state index in [9.17, 15) is 14.7 Å². The molecule has 0 amide bonds. The van der Waals surface area contributed by atoms with Crippen molar-refractivity contribution in [2.45, 2.75) is 52.4 Å². The Balaban J connectivity index is 1.80. The maximum absolute atomic E-state index is 12.3. The molecule has 0 aromatic heterocycles. The predicted octanol–water partition coefficient (Wildman–Crippen LogP) is 5.07. The highest BCUT2D eigenvalue weighted by Gasteiger charge is 2.45. The summed E-state index contributed by atoms with van der Waals surface area (Å²) >= 11 is 0. The van der Waals surface area contributed by atoms with Crippen molar-refractivity contribution in [3.8, 4) is 5.75 Å². The molecule has 0 radical (unpaired) electrons. The molecule has 0 saturated carbocycles. The molecule has 0 saturated heterocycles. The van der Waals surface area contributed by atoms with Crippen LogP contribution in [0.1, 0.15) is 50.7 Å². The van der Waals surface area contributed by atoms with Crippen molar-refractivity contribution in [1.82, 2.24) is 0 Å². The van der Waals surface area contributed by atoms with Crippen LogP contribution in [-0.4, -0.2) is 30.3 Å². The molecule has 0 aliphatic rings. The number of benzene rings is 2. The van der Waals surface area contributed by atoms with Crippen molar-refractivity contribution in [2.24, 2.45) is 5.41 Å². The first-order chi connectivity index (χ1) is 14.5. The molecule has 1 N–H and O–H groups in total. The Morgan fingerprint density at radius 1 is 0.900 bits per heavy atom. The number of unbranched alkanes of at least 4 members (excludes halogenated alkanes) is 1. The van der Waals surface area contributed by atoms with Gasteiger partial charge < -0.3 is 14.6 Å². The van der Waals surface area contributed by atoms with E-state index in [1.165, 1.54) is 5.56 Å². The lowest BCUT2D eigenvalue weighted by Gasteiger charge is -2.25. The minimum atomic E-state index is -1.50. The second kappa shape index (κ2) is 12.0. The van der Waals surface area contributed by atoms with E-state index in [1.807, 2.05) is 30.3 Å². The van der Waals surface area contributed by atoms with Gasteiger partial charge in [0.25, 0.3) is 0 Å². The highest BCUT2D eigenvalue weighted by atomic mass is 16.5. The Morgan fingerprint density at radius 3 is 2.17 bits per heavy atom. The summed E-state index contributed by atoms with van der Waals surface area (Å²) in [7, 11) is 0. The molecule has 0 fully saturated rings. The predicted molar refractivity (Wildman–Crippen MR) is 117 cm³/mol. The lowest BCUT2D eigenvalue weighted by atomic mass is 9.79. The normalized spacial score (nSPS) is 12.7. The van der Waals surface area contributed by atoms with E-state index < -0.39 is 17.4 Å². The van der Waals surface area contributed by atoms with Crippen LogP contribution in [-0.2, 0) is 27.2 Å². The van der Waals surface area contributed by atoms with Gasteiger partial charge in [0.1, 0.15) is 5.75 Å². The van der Waals surface area contributed by atoms with Gasteiger partial charge in [-0.1, -0.05) is 49.4 Å². The summed E-state index contributed by atoms with van der Waals surface area (Å²) < 4.78 is 10.8. The van der Waals surface area contributed by atoms with Crippen molar-refractivity contribution in [1.29, 1.82) is 0 Å². The van der Waals surface area contributed by atoms with Gasteiger partial charge >= 0.3 is 11.9 Å². The number of rotatable bonds is 13. The summed E-state index contributed by atoms with van der Waals surface area (Å²) in [5, 5.41) is 9.64.